The van der Waals surface area contributed by atoms with Gasteiger partial charge in [-0.3, -0.25) is 14.3 Å². The highest BCUT2D eigenvalue weighted by Gasteiger charge is 2.38. The second-order valence-electron chi connectivity index (χ2n) is 5.27. The molecule has 1 aromatic rings. The molecule has 1 saturated heterocycles. The highest BCUT2D eigenvalue weighted by molar-refractivity contribution is 5.79. The molecular formula is C14H21N3O3. The zero-order valence-electron chi connectivity index (χ0n) is 12.0. The van der Waals surface area contributed by atoms with Crippen molar-refractivity contribution in [3.05, 3.63) is 18.0 Å². The number of carbonyl (C=O) groups excluding carboxylic acids is 1. The van der Waals surface area contributed by atoms with Crippen LogP contribution in [-0.2, 0) is 16.1 Å². The van der Waals surface area contributed by atoms with Crippen LogP contribution < -0.4 is 0 Å². The fourth-order valence-corrected chi connectivity index (χ4v) is 2.89. The van der Waals surface area contributed by atoms with E-state index in [-0.39, 0.29) is 5.91 Å². The van der Waals surface area contributed by atoms with E-state index in [2.05, 4.69) is 5.10 Å². The lowest BCUT2D eigenvalue weighted by atomic mass is 9.92. The molecule has 0 aliphatic carbocycles. The summed E-state index contributed by atoms with van der Waals surface area (Å²) in [7, 11) is 1.69. The fraction of sp³-hybridized carbons (Fsp3) is 0.643. The minimum Gasteiger partial charge on any atom is -0.481 e. The van der Waals surface area contributed by atoms with Gasteiger partial charge in [-0.2, -0.15) is 5.10 Å². The predicted molar refractivity (Wildman–Crippen MR) is 73.0 cm³/mol. The first kappa shape index (κ1) is 14.6. The molecule has 0 spiro atoms. The average Bonchev–Trinajstić information content (AvgIpc) is 2.79. The summed E-state index contributed by atoms with van der Waals surface area (Å²) in [6, 6.07) is 1.39. The molecule has 1 aromatic heterocycles. The molecule has 0 aromatic carbocycles. The maximum absolute atomic E-state index is 12.1. The van der Waals surface area contributed by atoms with Crippen molar-refractivity contribution in [2.45, 2.75) is 45.2 Å². The molecule has 6 nitrogen and oxygen atoms in total. The van der Waals surface area contributed by atoms with E-state index in [0.717, 1.165) is 18.7 Å². The number of aryl methyl sites for hydroxylation is 1. The van der Waals surface area contributed by atoms with Crippen molar-refractivity contribution in [3.63, 3.8) is 0 Å². The van der Waals surface area contributed by atoms with E-state index in [0.29, 0.717) is 19.3 Å². The Balaban J connectivity index is 2.42. The maximum atomic E-state index is 12.1. The van der Waals surface area contributed by atoms with E-state index >= 15 is 0 Å². The van der Waals surface area contributed by atoms with Crippen molar-refractivity contribution < 1.29 is 14.7 Å². The van der Waals surface area contributed by atoms with Crippen molar-refractivity contribution in [1.82, 2.24) is 14.7 Å². The zero-order valence-corrected chi connectivity index (χ0v) is 12.0. The Bertz CT molecular complexity index is 498. The summed E-state index contributed by atoms with van der Waals surface area (Å²) in [5, 5.41) is 13.7. The number of nitrogens with zero attached hydrogens (tertiary/aromatic N) is 3. The molecule has 0 saturated carbocycles. The number of aromatic nitrogens is 2. The lowest BCUT2D eigenvalue weighted by Gasteiger charge is -2.30. The molecule has 2 heterocycles. The number of carboxylic acid groups (broad SMARTS) is 1. The Labute approximate surface area is 118 Å². The molecule has 2 unspecified atom stereocenters. The minimum absolute atomic E-state index is 0.00278. The Hall–Kier alpha value is -1.85. The van der Waals surface area contributed by atoms with Gasteiger partial charge in [-0.1, -0.05) is 6.92 Å². The number of amides is 1. The molecule has 1 aliphatic rings. The van der Waals surface area contributed by atoms with E-state index in [1.165, 1.54) is 0 Å². The number of rotatable bonds is 4. The molecule has 1 fully saturated rings. The predicted octanol–water partition coefficient (Wildman–Crippen LogP) is 1.68. The molecule has 0 bridgehead atoms. The normalized spacial score (nSPS) is 23.7. The molecule has 110 valence electrons. The number of hydrogen-bond donors (Lipinski definition) is 1. The molecule has 1 aliphatic heterocycles. The monoisotopic (exact) mass is 279 g/mol. The third-order valence-electron chi connectivity index (χ3n) is 3.90. The summed E-state index contributed by atoms with van der Waals surface area (Å²) in [5.41, 5.74) is 0.817. The van der Waals surface area contributed by atoms with Crippen LogP contribution in [0.5, 0.6) is 0 Å². The summed E-state index contributed by atoms with van der Waals surface area (Å²) >= 11 is 0. The Morgan fingerprint density at radius 3 is 2.95 bits per heavy atom. The van der Waals surface area contributed by atoms with Crippen LogP contribution in [0.1, 0.15) is 44.3 Å². The van der Waals surface area contributed by atoms with E-state index < -0.39 is 17.9 Å². The first-order valence-corrected chi connectivity index (χ1v) is 7.06. The lowest BCUT2D eigenvalue weighted by Crippen LogP contribution is -2.37. The highest BCUT2D eigenvalue weighted by Crippen LogP contribution is 2.34. The third kappa shape index (κ3) is 2.69. The molecule has 6 heteroatoms. The second kappa shape index (κ2) is 6.07. The Morgan fingerprint density at radius 1 is 1.55 bits per heavy atom. The average molecular weight is 279 g/mol. The van der Waals surface area contributed by atoms with Gasteiger partial charge >= 0.3 is 5.97 Å². The quantitative estimate of drug-likeness (QED) is 0.909. The number of likely N-dealkylation sites (tertiary alicyclic amines) is 1. The third-order valence-corrected chi connectivity index (χ3v) is 3.90. The van der Waals surface area contributed by atoms with Gasteiger partial charge in [0, 0.05) is 26.2 Å². The first-order chi connectivity index (χ1) is 9.56. The first-order valence-electron chi connectivity index (χ1n) is 7.06. The van der Waals surface area contributed by atoms with E-state index in [9.17, 15) is 14.7 Å². The van der Waals surface area contributed by atoms with Gasteiger partial charge in [-0.15, -0.1) is 0 Å². The summed E-state index contributed by atoms with van der Waals surface area (Å²) in [6.07, 6.45) is 4.15. The molecular weight excluding hydrogens is 258 g/mol. The maximum Gasteiger partial charge on any atom is 0.309 e. The van der Waals surface area contributed by atoms with Gasteiger partial charge in [-0.05, 0) is 25.3 Å². The zero-order chi connectivity index (χ0) is 14.7. The van der Waals surface area contributed by atoms with Crippen LogP contribution in [0.15, 0.2) is 12.3 Å². The molecule has 2 atom stereocenters. The van der Waals surface area contributed by atoms with Gasteiger partial charge in [0.1, 0.15) is 0 Å². The van der Waals surface area contributed by atoms with Gasteiger partial charge in [0.05, 0.1) is 17.7 Å². The van der Waals surface area contributed by atoms with Gasteiger partial charge < -0.3 is 10.0 Å². The van der Waals surface area contributed by atoms with Gasteiger partial charge in [0.15, 0.2) is 0 Å². The van der Waals surface area contributed by atoms with Crippen LogP contribution in [0.4, 0.5) is 0 Å². The lowest BCUT2D eigenvalue weighted by molar-refractivity contribution is -0.145. The van der Waals surface area contributed by atoms with Crippen LogP contribution >= 0.6 is 0 Å². The molecule has 1 N–H and O–H groups in total. The second-order valence-corrected chi connectivity index (χ2v) is 5.27. The summed E-state index contributed by atoms with van der Waals surface area (Å²) < 4.78 is 1.82. The van der Waals surface area contributed by atoms with Crippen molar-refractivity contribution in [3.8, 4) is 0 Å². The van der Waals surface area contributed by atoms with Gasteiger partial charge in [0.25, 0.3) is 0 Å². The summed E-state index contributed by atoms with van der Waals surface area (Å²) in [4.78, 5) is 25.2. The number of carboxylic acids is 1. The van der Waals surface area contributed by atoms with Crippen LogP contribution in [0.3, 0.4) is 0 Å². The van der Waals surface area contributed by atoms with Crippen molar-refractivity contribution in [1.29, 1.82) is 0 Å². The number of carbonyl (C=O) groups is 2. The van der Waals surface area contributed by atoms with Crippen molar-refractivity contribution in [2.24, 2.45) is 5.92 Å². The highest BCUT2D eigenvalue weighted by atomic mass is 16.4. The van der Waals surface area contributed by atoms with Crippen LogP contribution in [0.25, 0.3) is 0 Å². The summed E-state index contributed by atoms with van der Waals surface area (Å²) in [5.74, 6) is -1.41. The van der Waals surface area contributed by atoms with Crippen LogP contribution in [-0.4, -0.2) is 38.7 Å². The van der Waals surface area contributed by atoms with Gasteiger partial charge in [-0.25, -0.2) is 0 Å². The van der Waals surface area contributed by atoms with E-state index in [1.807, 2.05) is 17.7 Å². The number of hydrogen-bond acceptors (Lipinski definition) is 3. The van der Waals surface area contributed by atoms with Crippen molar-refractivity contribution >= 4 is 11.9 Å². The minimum atomic E-state index is -0.846. The fourth-order valence-electron chi connectivity index (χ4n) is 2.89. The van der Waals surface area contributed by atoms with E-state index in [1.54, 1.807) is 18.1 Å². The smallest absolute Gasteiger partial charge is 0.309 e. The Morgan fingerprint density at radius 2 is 2.30 bits per heavy atom. The van der Waals surface area contributed by atoms with Crippen molar-refractivity contribution in [2.75, 3.05) is 7.05 Å². The Kier molecular flexibility index (Phi) is 4.42. The SMILES string of the molecule is CCCn1nccc1C1C(C(=O)O)CCCC(=O)N1C. The molecule has 1 amide bonds. The molecule has 2 rings (SSSR count). The van der Waals surface area contributed by atoms with E-state index in [4.69, 9.17) is 0 Å². The molecule has 0 radical (unpaired) electrons. The van der Waals surface area contributed by atoms with Crippen LogP contribution in [0, 0.1) is 5.92 Å². The summed E-state index contributed by atoms with van der Waals surface area (Å²) in [6.45, 7) is 2.77. The largest absolute Gasteiger partial charge is 0.481 e. The number of aliphatic carboxylic acids is 1. The topological polar surface area (TPSA) is 75.4 Å². The molecule has 20 heavy (non-hydrogen) atoms. The van der Waals surface area contributed by atoms with Gasteiger partial charge in [0.2, 0.25) is 5.91 Å². The standard InChI is InChI=1S/C14H21N3O3/c1-3-9-17-11(7-8-15-17)13-10(14(19)20)5-4-6-12(18)16(13)2/h7-8,10,13H,3-6,9H2,1-2H3,(H,19,20). The van der Waals surface area contributed by atoms with Crippen LogP contribution in [0.2, 0.25) is 0 Å².